The number of aromatic nitrogens is 3. The van der Waals surface area contributed by atoms with Crippen LogP contribution in [0.5, 0.6) is 5.75 Å². The van der Waals surface area contributed by atoms with Gasteiger partial charge >= 0.3 is 5.97 Å². The number of carbonyl (C=O) groups is 1. The number of carbonyl (C=O) groups excluding carboxylic acids is 1. The monoisotopic (exact) mass is 260 g/mol. The fourth-order valence-electron chi connectivity index (χ4n) is 1.54. The normalized spacial score (nSPS) is 10.5. The maximum Gasteiger partial charge on any atom is 0.362 e. The summed E-state index contributed by atoms with van der Waals surface area (Å²) in [6, 6.07) is 5.43. The number of ether oxygens (including phenoxy) is 1. The first-order valence-electron chi connectivity index (χ1n) is 5.99. The van der Waals surface area contributed by atoms with E-state index in [0.717, 1.165) is 0 Å². The largest absolute Gasteiger partial charge is 0.418 e. The van der Waals surface area contributed by atoms with Crippen LogP contribution in [0.4, 0.5) is 5.82 Å². The summed E-state index contributed by atoms with van der Waals surface area (Å²) in [5, 5.41) is 7.06. The molecule has 0 bridgehead atoms. The zero-order valence-corrected chi connectivity index (χ0v) is 11.1. The summed E-state index contributed by atoms with van der Waals surface area (Å²) in [6.07, 6.45) is 3.10. The molecule has 0 radical (unpaired) electrons. The third kappa shape index (κ3) is 3.54. The third-order valence-corrected chi connectivity index (χ3v) is 2.29. The van der Waals surface area contributed by atoms with Crippen LogP contribution >= 0.6 is 0 Å². The van der Waals surface area contributed by atoms with Gasteiger partial charge in [0.05, 0.1) is 12.4 Å². The second kappa shape index (κ2) is 5.51. The molecule has 0 aliphatic rings. The Morgan fingerprint density at radius 1 is 1.42 bits per heavy atom. The number of nitrogens with zero attached hydrogens (tertiary/aromatic N) is 3. The van der Waals surface area contributed by atoms with Crippen molar-refractivity contribution in [3.8, 4) is 5.75 Å². The highest BCUT2D eigenvalue weighted by molar-refractivity contribution is 5.89. The van der Waals surface area contributed by atoms with E-state index in [-0.39, 0.29) is 11.7 Å². The topological polar surface area (TPSA) is 69.0 Å². The molecule has 2 aromatic heterocycles. The van der Waals surface area contributed by atoms with Gasteiger partial charge in [-0.25, -0.2) is 9.78 Å². The summed E-state index contributed by atoms with van der Waals surface area (Å²) in [5.41, 5.74) is 0.259. The first-order valence-corrected chi connectivity index (χ1v) is 5.99. The van der Waals surface area contributed by atoms with Gasteiger partial charge in [0, 0.05) is 13.1 Å². The molecule has 6 heteroatoms. The first-order chi connectivity index (χ1) is 9.04. The highest BCUT2D eigenvalue weighted by atomic mass is 16.5. The van der Waals surface area contributed by atoms with Crippen molar-refractivity contribution in [2.45, 2.75) is 19.9 Å². The van der Waals surface area contributed by atoms with Crippen LogP contribution in [0.25, 0.3) is 0 Å². The van der Waals surface area contributed by atoms with Crippen LogP contribution in [0.15, 0.2) is 30.6 Å². The predicted octanol–water partition coefficient (Wildman–Crippen LogP) is 1.85. The van der Waals surface area contributed by atoms with E-state index in [1.165, 1.54) is 6.20 Å². The van der Waals surface area contributed by atoms with E-state index in [9.17, 15) is 4.79 Å². The molecule has 0 amide bonds. The second-order valence-electron chi connectivity index (χ2n) is 4.45. The lowest BCUT2D eigenvalue weighted by Gasteiger charge is -2.09. The van der Waals surface area contributed by atoms with Gasteiger partial charge < -0.3 is 10.1 Å². The summed E-state index contributed by atoms with van der Waals surface area (Å²) in [6.45, 7) is 4.00. The number of pyridine rings is 1. The van der Waals surface area contributed by atoms with Gasteiger partial charge in [0.25, 0.3) is 0 Å². The number of hydrogen-bond donors (Lipinski definition) is 1. The Morgan fingerprint density at radius 2 is 2.21 bits per heavy atom. The van der Waals surface area contributed by atoms with Crippen molar-refractivity contribution < 1.29 is 9.53 Å². The molecular weight excluding hydrogens is 244 g/mol. The van der Waals surface area contributed by atoms with E-state index in [2.05, 4.69) is 15.4 Å². The van der Waals surface area contributed by atoms with Gasteiger partial charge in [-0.1, -0.05) is 6.07 Å². The molecule has 100 valence electrons. The minimum absolute atomic E-state index is 0.247. The Kier molecular flexibility index (Phi) is 3.79. The van der Waals surface area contributed by atoms with E-state index >= 15 is 0 Å². The Balaban J connectivity index is 2.10. The molecule has 0 fully saturated rings. The molecule has 0 aliphatic heterocycles. The van der Waals surface area contributed by atoms with Crippen LogP contribution in [0.3, 0.4) is 0 Å². The Labute approximate surface area is 111 Å². The van der Waals surface area contributed by atoms with Crippen molar-refractivity contribution >= 4 is 11.8 Å². The first kappa shape index (κ1) is 13.1. The number of hydrogen-bond acceptors (Lipinski definition) is 5. The number of rotatable bonds is 4. The predicted molar refractivity (Wildman–Crippen MR) is 71.2 cm³/mol. The van der Waals surface area contributed by atoms with Crippen molar-refractivity contribution in [1.82, 2.24) is 14.8 Å². The molecule has 0 atom stereocenters. The van der Waals surface area contributed by atoms with Gasteiger partial charge in [0.1, 0.15) is 5.82 Å². The van der Waals surface area contributed by atoms with Crippen molar-refractivity contribution in [2.24, 2.45) is 7.05 Å². The molecule has 0 aromatic carbocycles. The zero-order chi connectivity index (χ0) is 13.8. The van der Waals surface area contributed by atoms with Gasteiger partial charge in [-0.05, 0) is 26.0 Å². The molecule has 0 unspecified atom stereocenters. The van der Waals surface area contributed by atoms with E-state index in [1.54, 1.807) is 36.1 Å². The quantitative estimate of drug-likeness (QED) is 0.850. The SMILES string of the molecule is CC(C)Nc1cccc(C(=O)Oc2cnn(C)c2)n1. The highest BCUT2D eigenvalue weighted by Gasteiger charge is 2.12. The van der Waals surface area contributed by atoms with Crippen LogP contribution < -0.4 is 10.1 Å². The molecule has 0 aliphatic carbocycles. The third-order valence-electron chi connectivity index (χ3n) is 2.29. The minimum atomic E-state index is -0.500. The standard InChI is InChI=1S/C13H16N4O2/c1-9(2)15-12-6-4-5-11(16-12)13(18)19-10-7-14-17(3)8-10/h4-9H,1-3H3,(H,15,16). The Hall–Kier alpha value is -2.37. The maximum atomic E-state index is 11.9. The van der Waals surface area contributed by atoms with E-state index in [0.29, 0.717) is 11.6 Å². The summed E-state index contributed by atoms with van der Waals surface area (Å²) in [7, 11) is 1.75. The van der Waals surface area contributed by atoms with Gasteiger partial charge in [0.2, 0.25) is 0 Å². The molecule has 1 N–H and O–H groups in total. The Morgan fingerprint density at radius 3 is 2.84 bits per heavy atom. The molecule has 19 heavy (non-hydrogen) atoms. The average molecular weight is 260 g/mol. The number of anilines is 1. The van der Waals surface area contributed by atoms with Crippen LogP contribution in [0.2, 0.25) is 0 Å². The summed E-state index contributed by atoms with van der Waals surface area (Å²) in [4.78, 5) is 16.1. The summed E-state index contributed by atoms with van der Waals surface area (Å²) in [5.74, 6) is 0.549. The minimum Gasteiger partial charge on any atom is -0.418 e. The van der Waals surface area contributed by atoms with Crippen LogP contribution in [-0.4, -0.2) is 26.8 Å². The lowest BCUT2D eigenvalue weighted by Crippen LogP contribution is -2.14. The lowest BCUT2D eigenvalue weighted by atomic mass is 10.3. The maximum absolute atomic E-state index is 11.9. The molecule has 2 heterocycles. The molecule has 2 rings (SSSR count). The van der Waals surface area contributed by atoms with Crippen molar-refractivity contribution in [2.75, 3.05) is 5.32 Å². The smallest absolute Gasteiger partial charge is 0.362 e. The van der Waals surface area contributed by atoms with Crippen LogP contribution in [0, 0.1) is 0 Å². The number of esters is 1. The van der Waals surface area contributed by atoms with Gasteiger partial charge in [-0.15, -0.1) is 0 Å². The second-order valence-corrected chi connectivity index (χ2v) is 4.45. The number of aryl methyl sites for hydroxylation is 1. The highest BCUT2D eigenvalue weighted by Crippen LogP contribution is 2.12. The zero-order valence-electron chi connectivity index (χ0n) is 11.1. The molecule has 0 saturated heterocycles. The van der Waals surface area contributed by atoms with Gasteiger partial charge in [0.15, 0.2) is 11.4 Å². The lowest BCUT2D eigenvalue weighted by molar-refractivity contribution is 0.0728. The molecule has 2 aromatic rings. The Bertz CT molecular complexity index is 578. The fourth-order valence-corrected chi connectivity index (χ4v) is 1.54. The van der Waals surface area contributed by atoms with Crippen molar-refractivity contribution in [3.05, 3.63) is 36.3 Å². The average Bonchev–Trinajstić information content (AvgIpc) is 2.74. The summed E-state index contributed by atoms with van der Waals surface area (Å²) >= 11 is 0. The van der Waals surface area contributed by atoms with Gasteiger partial charge in [-0.2, -0.15) is 5.10 Å². The van der Waals surface area contributed by atoms with Crippen molar-refractivity contribution in [3.63, 3.8) is 0 Å². The van der Waals surface area contributed by atoms with Crippen molar-refractivity contribution in [1.29, 1.82) is 0 Å². The molecule has 0 spiro atoms. The fraction of sp³-hybridized carbons (Fsp3) is 0.308. The molecule has 6 nitrogen and oxygen atoms in total. The van der Waals surface area contributed by atoms with Gasteiger partial charge in [-0.3, -0.25) is 4.68 Å². The molecule has 0 saturated carbocycles. The summed E-state index contributed by atoms with van der Waals surface area (Å²) < 4.78 is 6.73. The van der Waals surface area contributed by atoms with Crippen LogP contribution in [-0.2, 0) is 7.05 Å². The van der Waals surface area contributed by atoms with E-state index in [4.69, 9.17) is 4.74 Å². The molecular formula is C13H16N4O2. The van der Waals surface area contributed by atoms with Crippen LogP contribution in [0.1, 0.15) is 24.3 Å². The van der Waals surface area contributed by atoms with E-state index in [1.807, 2.05) is 13.8 Å². The number of nitrogens with one attached hydrogen (secondary N) is 1. The van der Waals surface area contributed by atoms with E-state index < -0.39 is 5.97 Å².